The van der Waals surface area contributed by atoms with E-state index in [0.717, 1.165) is 42.8 Å². The van der Waals surface area contributed by atoms with Crippen LogP contribution in [0.3, 0.4) is 0 Å². The molecule has 3 N–H and O–H groups in total. The number of likely N-dealkylation sites (tertiary alicyclic amines) is 1. The SMILES string of the molecule is NC1(C(=O)N2CCC(c3nc4ccccc4[nH]3)CC2)CCOCC1. The van der Waals surface area contributed by atoms with Gasteiger partial charge in [0.15, 0.2) is 0 Å². The largest absolute Gasteiger partial charge is 0.381 e. The maximum Gasteiger partial charge on any atom is 0.242 e. The zero-order valence-corrected chi connectivity index (χ0v) is 13.8. The summed E-state index contributed by atoms with van der Waals surface area (Å²) in [6, 6.07) is 8.09. The standard InChI is InChI=1S/C18H24N4O2/c19-18(7-11-24-12-8-18)17(23)22-9-5-13(6-10-22)16-20-14-3-1-2-4-15(14)21-16/h1-4,13H,5-12,19H2,(H,20,21). The Morgan fingerprint density at radius 3 is 2.67 bits per heavy atom. The summed E-state index contributed by atoms with van der Waals surface area (Å²) in [6.07, 6.45) is 3.10. The molecule has 0 atom stereocenters. The average molecular weight is 328 g/mol. The van der Waals surface area contributed by atoms with Gasteiger partial charge in [-0.15, -0.1) is 0 Å². The number of aromatic nitrogens is 2. The minimum Gasteiger partial charge on any atom is -0.381 e. The van der Waals surface area contributed by atoms with Crippen molar-refractivity contribution < 1.29 is 9.53 Å². The summed E-state index contributed by atoms with van der Waals surface area (Å²) < 4.78 is 5.34. The second kappa shape index (κ2) is 6.18. The van der Waals surface area contributed by atoms with Crippen molar-refractivity contribution in [3.8, 4) is 0 Å². The van der Waals surface area contributed by atoms with Crippen LogP contribution in [0.5, 0.6) is 0 Å². The number of piperidine rings is 1. The second-order valence-electron chi connectivity index (χ2n) is 6.97. The van der Waals surface area contributed by atoms with Crippen LogP contribution < -0.4 is 5.73 Å². The van der Waals surface area contributed by atoms with E-state index >= 15 is 0 Å². The van der Waals surface area contributed by atoms with Crippen LogP contribution in [0.4, 0.5) is 0 Å². The number of aromatic amines is 1. The van der Waals surface area contributed by atoms with Gasteiger partial charge in [-0.2, -0.15) is 0 Å². The molecule has 0 bridgehead atoms. The Kier molecular flexibility index (Phi) is 4.02. The van der Waals surface area contributed by atoms with Gasteiger partial charge in [0, 0.05) is 32.2 Å². The molecule has 0 unspecified atom stereocenters. The first-order valence-electron chi connectivity index (χ1n) is 8.76. The van der Waals surface area contributed by atoms with Crippen molar-refractivity contribution in [3.63, 3.8) is 0 Å². The van der Waals surface area contributed by atoms with Gasteiger partial charge in [0.05, 0.1) is 16.6 Å². The summed E-state index contributed by atoms with van der Waals surface area (Å²) in [5.41, 5.74) is 7.70. The number of imidazole rings is 1. The van der Waals surface area contributed by atoms with Gasteiger partial charge in [-0.3, -0.25) is 4.79 Å². The van der Waals surface area contributed by atoms with Crippen LogP contribution in [0.1, 0.15) is 37.4 Å². The highest BCUT2D eigenvalue weighted by atomic mass is 16.5. The molecule has 1 aromatic carbocycles. The fraction of sp³-hybridized carbons (Fsp3) is 0.556. The number of hydrogen-bond donors (Lipinski definition) is 2. The Morgan fingerprint density at radius 2 is 1.96 bits per heavy atom. The highest BCUT2D eigenvalue weighted by Crippen LogP contribution is 2.30. The molecule has 2 aliphatic heterocycles. The van der Waals surface area contributed by atoms with Crippen LogP contribution in [0.15, 0.2) is 24.3 Å². The Balaban J connectivity index is 1.42. The van der Waals surface area contributed by atoms with Crippen LogP contribution in [-0.4, -0.2) is 52.6 Å². The monoisotopic (exact) mass is 328 g/mol. The predicted molar refractivity (Wildman–Crippen MR) is 91.6 cm³/mol. The molecule has 0 spiro atoms. The van der Waals surface area contributed by atoms with E-state index < -0.39 is 5.54 Å². The van der Waals surface area contributed by atoms with Crippen molar-refractivity contribution in [2.45, 2.75) is 37.1 Å². The lowest BCUT2D eigenvalue weighted by atomic mass is 9.88. The molecule has 2 aliphatic rings. The first-order valence-corrected chi connectivity index (χ1v) is 8.76. The van der Waals surface area contributed by atoms with E-state index in [4.69, 9.17) is 15.5 Å². The van der Waals surface area contributed by atoms with Crippen molar-refractivity contribution >= 4 is 16.9 Å². The molecule has 1 aromatic heterocycles. The number of carbonyl (C=O) groups is 1. The average Bonchev–Trinajstić information content (AvgIpc) is 3.06. The Morgan fingerprint density at radius 1 is 1.25 bits per heavy atom. The minimum absolute atomic E-state index is 0.0915. The molecule has 128 valence electrons. The van der Waals surface area contributed by atoms with Crippen molar-refractivity contribution in [3.05, 3.63) is 30.1 Å². The van der Waals surface area contributed by atoms with Gasteiger partial charge in [0.1, 0.15) is 5.82 Å². The summed E-state index contributed by atoms with van der Waals surface area (Å²) in [6.45, 7) is 2.66. The molecule has 6 nitrogen and oxygen atoms in total. The number of nitrogens with zero attached hydrogens (tertiary/aromatic N) is 2. The number of para-hydroxylation sites is 2. The summed E-state index contributed by atoms with van der Waals surface area (Å²) in [5, 5.41) is 0. The number of amides is 1. The van der Waals surface area contributed by atoms with Gasteiger partial charge in [0.25, 0.3) is 0 Å². The fourth-order valence-electron chi connectivity index (χ4n) is 3.79. The van der Waals surface area contributed by atoms with E-state index in [1.54, 1.807) is 0 Å². The maximum atomic E-state index is 12.8. The summed E-state index contributed by atoms with van der Waals surface area (Å²) >= 11 is 0. The molecule has 24 heavy (non-hydrogen) atoms. The maximum absolute atomic E-state index is 12.8. The number of H-pyrrole nitrogens is 1. The molecular weight excluding hydrogens is 304 g/mol. The molecule has 2 fully saturated rings. The van der Waals surface area contributed by atoms with Crippen LogP contribution in [0.25, 0.3) is 11.0 Å². The number of hydrogen-bond acceptors (Lipinski definition) is 4. The van der Waals surface area contributed by atoms with Gasteiger partial charge in [-0.1, -0.05) is 12.1 Å². The van der Waals surface area contributed by atoms with Gasteiger partial charge in [-0.05, 0) is 37.8 Å². The van der Waals surface area contributed by atoms with E-state index in [9.17, 15) is 4.79 Å². The summed E-state index contributed by atoms with van der Waals surface area (Å²) in [4.78, 5) is 22.8. The third-order valence-corrected chi connectivity index (χ3v) is 5.39. The normalized spacial score (nSPS) is 22.0. The highest BCUT2D eigenvalue weighted by Gasteiger charge is 2.40. The number of fused-ring (bicyclic) bond motifs is 1. The zero-order chi connectivity index (χ0) is 16.6. The number of benzene rings is 1. The fourth-order valence-corrected chi connectivity index (χ4v) is 3.79. The van der Waals surface area contributed by atoms with Gasteiger partial charge in [0.2, 0.25) is 5.91 Å². The van der Waals surface area contributed by atoms with Crippen molar-refractivity contribution in [1.82, 2.24) is 14.9 Å². The molecule has 2 saturated heterocycles. The number of nitrogens with one attached hydrogen (secondary N) is 1. The van der Waals surface area contributed by atoms with Crippen LogP contribution in [0, 0.1) is 0 Å². The molecule has 3 heterocycles. The van der Waals surface area contributed by atoms with Gasteiger partial charge in [-0.25, -0.2) is 4.98 Å². The van der Waals surface area contributed by atoms with Gasteiger partial charge < -0.3 is 20.4 Å². The summed E-state index contributed by atoms with van der Waals surface area (Å²) in [5.74, 6) is 1.51. The number of ether oxygens (including phenoxy) is 1. The Labute approximate surface area is 141 Å². The quantitative estimate of drug-likeness (QED) is 0.880. The third kappa shape index (κ3) is 2.80. The molecule has 4 rings (SSSR count). The van der Waals surface area contributed by atoms with Crippen molar-refractivity contribution in [2.75, 3.05) is 26.3 Å². The smallest absolute Gasteiger partial charge is 0.242 e. The Hall–Kier alpha value is -1.92. The molecule has 6 heteroatoms. The lowest BCUT2D eigenvalue weighted by molar-refractivity contribution is -0.141. The molecule has 2 aromatic rings. The summed E-state index contributed by atoms with van der Waals surface area (Å²) in [7, 11) is 0. The van der Waals surface area contributed by atoms with Crippen LogP contribution in [0.2, 0.25) is 0 Å². The lowest BCUT2D eigenvalue weighted by Gasteiger charge is -2.39. The lowest BCUT2D eigenvalue weighted by Crippen LogP contribution is -2.59. The molecule has 0 saturated carbocycles. The van der Waals surface area contributed by atoms with E-state index in [1.807, 2.05) is 29.2 Å². The van der Waals surface area contributed by atoms with Crippen LogP contribution in [-0.2, 0) is 9.53 Å². The molecule has 0 aliphatic carbocycles. The first kappa shape index (κ1) is 15.6. The minimum atomic E-state index is -0.732. The van der Waals surface area contributed by atoms with Crippen molar-refractivity contribution in [1.29, 1.82) is 0 Å². The van der Waals surface area contributed by atoms with E-state index in [1.165, 1.54) is 0 Å². The van der Waals surface area contributed by atoms with E-state index in [-0.39, 0.29) is 5.91 Å². The number of rotatable bonds is 2. The van der Waals surface area contributed by atoms with Gasteiger partial charge >= 0.3 is 0 Å². The molecular formula is C18H24N4O2. The van der Waals surface area contributed by atoms with E-state index in [0.29, 0.717) is 32.0 Å². The molecule has 0 radical (unpaired) electrons. The topological polar surface area (TPSA) is 84.2 Å². The van der Waals surface area contributed by atoms with E-state index in [2.05, 4.69) is 4.98 Å². The number of carbonyl (C=O) groups excluding carboxylic acids is 1. The Bertz CT molecular complexity index is 694. The highest BCUT2D eigenvalue weighted by molar-refractivity contribution is 5.86. The first-order chi connectivity index (χ1) is 11.7. The second-order valence-corrected chi connectivity index (χ2v) is 6.97. The zero-order valence-electron chi connectivity index (χ0n) is 13.8. The number of nitrogens with two attached hydrogens (primary N) is 1. The molecule has 1 amide bonds. The third-order valence-electron chi connectivity index (χ3n) is 5.39. The van der Waals surface area contributed by atoms with Crippen LogP contribution >= 0.6 is 0 Å². The van der Waals surface area contributed by atoms with Crippen molar-refractivity contribution in [2.24, 2.45) is 5.73 Å². The predicted octanol–water partition coefficient (Wildman–Crippen LogP) is 1.78.